The highest BCUT2D eigenvalue weighted by Gasteiger charge is 2.21. The van der Waals surface area contributed by atoms with Gasteiger partial charge < -0.3 is 11.1 Å². The lowest BCUT2D eigenvalue weighted by atomic mass is 10.1. The predicted molar refractivity (Wildman–Crippen MR) is 85.8 cm³/mol. The van der Waals surface area contributed by atoms with Crippen LogP contribution in [0.4, 0.5) is 5.69 Å². The second-order valence-corrected chi connectivity index (χ2v) is 5.68. The van der Waals surface area contributed by atoms with Crippen LogP contribution in [0.5, 0.6) is 0 Å². The van der Waals surface area contributed by atoms with Crippen molar-refractivity contribution in [3.63, 3.8) is 0 Å². The van der Waals surface area contributed by atoms with E-state index in [0.29, 0.717) is 5.69 Å². The molecule has 6 nitrogen and oxygen atoms in total. The van der Waals surface area contributed by atoms with Gasteiger partial charge in [0.25, 0.3) is 0 Å². The van der Waals surface area contributed by atoms with E-state index in [0.717, 1.165) is 16.9 Å². The summed E-state index contributed by atoms with van der Waals surface area (Å²) in [4.78, 5) is 20.6. The van der Waals surface area contributed by atoms with Crippen molar-refractivity contribution in [2.24, 2.45) is 5.73 Å². The van der Waals surface area contributed by atoms with Crippen LogP contribution < -0.4 is 11.1 Å². The minimum Gasteiger partial charge on any atom is -0.323 e. The fourth-order valence-electron chi connectivity index (χ4n) is 2.04. The number of hydrogen-bond acceptors (Lipinski definition) is 4. The number of fused-ring (bicyclic) bond motifs is 1. The van der Waals surface area contributed by atoms with Crippen LogP contribution in [0.3, 0.4) is 0 Å². The second-order valence-electron chi connectivity index (χ2n) is 5.68. The first kappa shape index (κ1) is 14.2. The molecule has 22 heavy (non-hydrogen) atoms. The number of pyridine rings is 1. The molecule has 0 radical (unpaired) electrons. The van der Waals surface area contributed by atoms with E-state index in [1.165, 1.54) is 0 Å². The number of amides is 1. The molecule has 0 aliphatic heterocycles. The van der Waals surface area contributed by atoms with E-state index in [2.05, 4.69) is 15.3 Å². The van der Waals surface area contributed by atoms with Crippen LogP contribution in [0.2, 0.25) is 0 Å². The summed E-state index contributed by atoms with van der Waals surface area (Å²) in [6.07, 6.45) is 3.34. The molecule has 0 spiro atoms. The van der Waals surface area contributed by atoms with E-state index < -0.39 is 5.54 Å². The monoisotopic (exact) mass is 295 g/mol. The van der Waals surface area contributed by atoms with Gasteiger partial charge in [-0.15, -0.1) is 0 Å². The zero-order valence-electron chi connectivity index (χ0n) is 12.4. The number of para-hydroxylation sites is 2. The molecule has 2 heterocycles. The second kappa shape index (κ2) is 5.23. The van der Waals surface area contributed by atoms with E-state index in [1.807, 2.05) is 34.9 Å². The molecule has 0 aliphatic carbocycles. The van der Waals surface area contributed by atoms with Crippen LogP contribution in [0.1, 0.15) is 13.8 Å². The summed E-state index contributed by atoms with van der Waals surface area (Å²) in [5.74, 6) is 0.480. The molecule has 0 atom stereocenters. The average Bonchev–Trinajstić information content (AvgIpc) is 2.91. The Labute approximate surface area is 128 Å². The number of rotatable bonds is 3. The molecule has 112 valence electrons. The van der Waals surface area contributed by atoms with Crippen molar-refractivity contribution in [3.8, 4) is 5.82 Å². The van der Waals surface area contributed by atoms with Gasteiger partial charge in [0, 0.05) is 0 Å². The average molecular weight is 295 g/mol. The highest BCUT2D eigenvalue weighted by molar-refractivity contribution is 5.97. The highest BCUT2D eigenvalue weighted by atomic mass is 16.2. The summed E-state index contributed by atoms with van der Waals surface area (Å²) in [5.41, 5.74) is 7.32. The Morgan fingerprint density at radius 1 is 1.18 bits per heavy atom. The fourth-order valence-corrected chi connectivity index (χ4v) is 2.04. The Balaban J connectivity index is 1.87. The maximum atomic E-state index is 11.8. The summed E-state index contributed by atoms with van der Waals surface area (Å²) in [7, 11) is 0. The molecule has 0 saturated heterocycles. The lowest BCUT2D eigenvalue weighted by Gasteiger charge is -2.17. The minimum absolute atomic E-state index is 0.255. The summed E-state index contributed by atoms with van der Waals surface area (Å²) >= 11 is 0. The molecule has 0 fully saturated rings. The maximum Gasteiger partial charge on any atom is 0.243 e. The molecule has 3 N–H and O–H groups in total. The lowest BCUT2D eigenvalue weighted by molar-refractivity contribution is -0.120. The maximum absolute atomic E-state index is 11.8. The van der Waals surface area contributed by atoms with Gasteiger partial charge >= 0.3 is 0 Å². The molecule has 2 aromatic heterocycles. The first-order chi connectivity index (χ1) is 10.4. The Morgan fingerprint density at radius 2 is 1.95 bits per heavy atom. The molecule has 0 saturated carbocycles. The van der Waals surface area contributed by atoms with Gasteiger partial charge in [-0.2, -0.15) is 0 Å². The summed E-state index contributed by atoms with van der Waals surface area (Å²) < 4.78 is 1.90. The number of carbonyl (C=O) groups is 1. The van der Waals surface area contributed by atoms with Gasteiger partial charge in [0.05, 0.1) is 28.5 Å². The van der Waals surface area contributed by atoms with Crippen LogP contribution >= 0.6 is 0 Å². The Kier molecular flexibility index (Phi) is 3.38. The number of hydrogen-bond donors (Lipinski definition) is 2. The first-order valence-electron chi connectivity index (χ1n) is 6.94. The van der Waals surface area contributed by atoms with Crippen LogP contribution in [0, 0.1) is 0 Å². The third-order valence-corrected chi connectivity index (χ3v) is 3.29. The zero-order valence-corrected chi connectivity index (χ0v) is 12.4. The number of imidazole rings is 1. The van der Waals surface area contributed by atoms with Crippen molar-refractivity contribution in [2.75, 3.05) is 5.32 Å². The van der Waals surface area contributed by atoms with Crippen LogP contribution in [0.15, 0.2) is 48.9 Å². The molecule has 0 bridgehead atoms. The number of benzene rings is 1. The molecule has 3 aromatic rings. The van der Waals surface area contributed by atoms with Gasteiger partial charge in [-0.05, 0) is 38.1 Å². The van der Waals surface area contributed by atoms with Gasteiger partial charge in [-0.3, -0.25) is 9.36 Å². The first-order valence-corrected chi connectivity index (χ1v) is 6.94. The quantitative estimate of drug-likeness (QED) is 0.774. The van der Waals surface area contributed by atoms with Crippen LogP contribution in [-0.2, 0) is 4.79 Å². The summed E-state index contributed by atoms with van der Waals surface area (Å²) in [6, 6.07) is 11.5. The summed E-state index contributed by atoms with van der Waals surface area (Å²) in [5, 5.41) is 2.74. The SMILES string of the molecule is CC(C)(N)C(=O)Nc1ccc(-n2cnc3ccccc32)nc1. The fraction of sp³-hybridized carbons (Fsp3) is 0.188. The van der Waals surface area contributed by atoms with Crippen molar-refractivity contribution < 1.29 is 4.79 Å². The molecule has 6 heteroatoms. The number of nitrogens with zero attached hydrogens (tertiary/aromatic N) is 3. The Hall–Kier alpha value is -2.73. The van der Waals surface area contributed by atoms with Crippen LogP contribution in [-0.4, -0.2) is 26.0 Å². The predicted octanol–water partition coefficient (Wildman–Crippen LogP) is 2.10. The molecule has 0 aliphatic rings. The number of nitrogens with one attached hydrogen (secondary N) is 1. The van der Waals surface area contributed by atoms with Gasteiger partial charge in [-0.1, -0.05) is 12.1 Å². The molecular weight excluding hydrogens is 278 g/mol. The van der Waals surface area contributed by atoms with Gasteiger partial charge in [0.2, 0.25) is 5.91 Å². The number of nitrogens with two attached hydrogens (primary N) is 1. The third kappa shape index (κ3) is 2.68. The van der Waals surface area contributed by atoms with E-state index in [1.54, 1.807) is 32.4 Å². The van der Waals surface area contributed by atoms with E-state index in [-0.39, 0.29) is 5.91 Å². The van der Waals surface area contributed by atoms with Crippen molar-refractivity contribution in [3.05, 3.63) is 48.9 Å². The number of carbonyl (C=O) groups excluding carboxylic acids is 1. The largest absolute Gasteiger partial charge is 0.323 e. The van der Waals surface area contributed by atoms with Crippen molar-refractivity contribution in [1.29, 1.82) is 0 Å². The lowest BCUT2D eigenvalue weighted by Crippen LogP contribution is -2.45. The normalized spacial score (nSPS) is 11.6. The Morgan fingerprint density at radius 3 is 2.64 bits per heavy atom. The summed E-state index contributed by atoms with van der Waals surface area (Å²) in [6.45, 7) is 3.31. The van der Waals surface area contributed by atoms with E-state index in [9.17, 15) is 4.79 Å². The molecule has 1 amide bonds. The molecule has 3 rings (SSSR count). The topological polar surface area (TPSA) is 85.8 Å². The van der Waals surface area contributed by atoms with E-state index in [4.69, 9.17) is 5.73 Å². The Bertz CT molecular complexity index is 814. The van der Waals surface area contributed by atoms with E-state index >= 15 is 0 Å². The molecule has 0 unspecified atom stereocenters. The molecular formula is C16H17N5O. The number of anilines is 1. The third-order valence-electron chi connectivity index (χ3n) is 3.29. The smallest absolute Gasteiger partial charge is 0.243 e. The highest BCUT2D eigenvalue weighted by Crippen LogP contribution is 2.17. The van der Waals surface area contributed by atoms with Crippen molar-refractivity contribution >= 4 is 22.6 Å². The van der Waals surface area contributed by atoms with Gasteiger partial charge in [0.1, 0.15) is 12.1 Å². The van der Waals surface area contributed by atoms with Gasteiger partial charge in [-0.25, -0.2) is 9.97 Å². The van der Waals surface area contributed by atoms with Gasteiger partial charge in [0.15, 0.2) is 0 Å². The number of aromatic nitrogens is 3. The van der Waals surface area contributed by atoms with Crippen molar-refractivity contribution in [1.82, 2.24) is 14.5 Å². The standard InChI is InChI=1S/C16H17N5O/c1-16(2,17)15(22)20-11-7-8-14(18-9-11)21-10-19-12-5-3-4-6-13(12)21/h3-10H,17H2,1-2H3,(H,20,22). The zero-order chi connectivity index (χ0) is 15.7. The van der Waals surface area contributed by atoms with Crippen molar-refractivity contribution in [2.45, 2.75) is 19.4 Å². The molecule has 1 aromatic carbocycles. The van der Waals surface area contributed by atoms with Crippen LogP contribution in [0.25, 0.3) is 16.9 Å². The minimum atomic E-state index is -0.931.